The van der Waals surface area contributed by atoms with Crippen LogP contribution in [-0.2, 0) is 5.41 Å². The SMILES string of the molecule is CNC(C=C(C)C)c1ccccc1C(C)(C)C. The van der Waals surface area contributed by atoms with Crippen molar-refractivity contribution in [3.8, 4) is 0 Å². The fraction of sp³-hybridized carbons (Fsp3) is 0.500. The van der Waals surface area contributed by atoms with Crippen molar-refractivity contribution in [1.82, 2.24) is 5.32 Å². The van der Waals surface area contributed by atoms with Crippen molar-refractivity contribution in [2.45, 2.75) is 46.1 Å². The average molecular weight is 231 g/mol. The van der Waals surface area contributed by atoms with Gasteiger partial charge in [-0.1, -0.05) is 56.7 Å². The zero-order valence-corrected chi connectivity index (χ0v) is 12.0. The first-order valence-electron chi connectivity index (χ1n) is 6.28. The molecule has 0 aliphatic rings. The van der Waals surface area contributed by atoms with Gasteiger partial charge >= 0.3 is 0 Å². The molecule has 1 heteroatoms. The van der Waals surface area contributed by atoms with Gasteiger partial charge in [-0.3, -0.25) is 0 Å². The maximum absolute atomic E-state index is 3.39. The first-order valence-corrected chi connectivity index (χ1v) is 6.28. The van der Waals surface area contributed by atoms with Crippen LogP contribution in [0.3, 0.4) is 0 Å². The maximum Gasteiger partial charge on any atom is 0.0509 e. The van der Waals surface area contributed by atoms with Gasteiger partial charge in [0.15, 0.2) is 0 Å². The Morgan fingerprint density at radius 2 is 1.76 bits per heavy atom. The summed E-state index contributed by atoms with van der Waals surface area (Å²) in [4.78, 5) is 0. The molecule has 1 N–H and O–H groups in total. The molecular weight excluding hydrogens is 206 g/mol. The highest BCUT2D eigenvalue weighted by Crippen LogP contribution is 2.30. The topological polar surface area (TPSA) is 12.0 Å². The Labute approximate surface area is 106 Å². The van der Waals surface area contributed by atoms with Gasteiger partial charge in [0.25, 0.3) is 0 Å². The second-order valence-electron chi connectivity index (χ2n) is 5.85. The lowest BCUT2D eigenvalue weighted by Crippen LogP contribution is -2.21. The van der Waals surface area contributed by atoms with Gasteiger partial charge in [-0.2, -0.15) is 0 Å². The molecule has 0 aromatic heterocycles. The van der Waals surface area contributed by atoms with Crippen LogP contribution in [0, 0.1) is 0 Å². The summed E-state index contributed by atoms with van der Waals surface area (Å²) in [6.07, 6.45) is 2.28. The Bertz CT molecular complexity index is 392. The summed E-state index contributed by atoms with van der Waals surface area (Å²) in [6.45, 7) is 11.1. The maximum atomic E-state index is 3.39. The zero-order chi connectivity index (χ0) is 13.1. The third kappa shape index (κ3) is 3.71. The van der Waals surface area contributed by atoms with E-state index in [9.17, 15) is 0 Å². The van der Waals surface area contributed by atoms with E-state index in [2.05, 4.69) is 70.3 Å². The summed E-state index contributed by atoms with van der Waals surface area (Å²) < 4.78 is 0. The van der Waals surface area contributed by atoms with Crippen LogP contribution >= 0.6 is 0 Å². The second-order valence-corrected chi connectivity index (χ2v) is 5.85. The molecular formula is C16H25N. The average Bonchev–Trinajstić information content (AvgIpc) is 2.24. The molecule has 0 spiro atoms. The third-order valence-corrected chi connectivity index (χ3v) is 2.91. The van der Waals surface area contributed by atoms with E-state index in [1.54, 1.807) is 0 Å². The minimum atomic E-state index is 0.182. The Balaban J connectivity index is 3.25. The molecule has 17 heavy (non-hydrogen) atoms. The van der Waals surface area contributed by atoms with Crippen LogP contribution in [0.5, 0.6) is 0 Å². The number of hydrogen-bond donors (Lipinski definition) is 1. The van der Waals surface area contributed by atoms with Gasteiger partial charge in [0.1, 0.15) is 0 Å². The van der Waals surface area contributed by atoms with Gasteiger partial charge in [-0.25, -0.2) is 0 Å². The number of nitrogens with one attached hydrogen (secondary N) is 1. The van der Waals surface area contributed by atoms with Crippen molar-refractivity contribution in [1.29, 1.82) is 0 Å². The van der Waals surface area contributed by atoms with Crippen molar-refractivity contribution >= 4 is 0 Å². The van der Waals surface area contributed by atoms with Crippen LogP contribution in [0.25, 0.3) is 0 Å². The number of rotatable bonds is 3. The Hall–Kier alpha value is -1.08. The zero-order valence-electron chi connectivity index (χ0n) is 12.0. The molecule has 1 rings (SSSR count). The molecule has 1 unspecified atom stereocenters. The predicted molar refractivity (Wildman–Crippen MR) is 76.4 cm³/mol. The minimum Gasteiger partial charge on any atom is -0.310 e. The Kier molecular flexibility index (Phi) is 4.53. The van der Waals surface area contributed by atoms with Crippen molar-refractivity contribution in [3.05, 3.63) is 47.0 Å². The van der Waals surface area contributed by atoms with Gasteiger partial charge in [0, 0.05) is 0 Å². The summed E-state index contributed by atoms with van der Waals surface area (Å²) in [5.74, 6) is 0. The van der Waals surface area contributed by atoms with E-state index in [-0.39, 0.29) is 5.41 Å². The summed E-state index contributed by atoms with van der Waals surface area (Å²) >= 11 is 0. The highest BCUT2D eigenvalue weighted by atomic mass is 14.9. The lowest BCUT2D eigenvalue weighted by molar-refractivity contribution is 0.569. The highest BCUT2D eigenvalue weighted by Gasteiger charge is 2.20. The summed E-state index contributed by atoms with van der Waals surface area (Å²) in [7, 11) is 2.02. The molecule has 94 valence electrons. The minimum absolute atomic E-state index is 0.182. The van der Waals surface area contributed by atoms with Gasteiger partial charge in [-0.05, 0) is 37.4 Å². The molecule has 1 aromatic rings. The molecule has 0 aliphatic carbocycles. The standard InChI is InChI=1S/C16H25N/c1-12(2)11-15(17-6)13-9-7-8-10-14(13)16(3,4)5/h7-11,15,17H,1-6H3. The van der Waals surface area contributed by atoms with Crippen LogP contribution < -0.4 is 5.32 Å². The van der Waals surface area contributed by atoms with E-state index in [1.807, 2.05) is 7.05 Å². The molecule has 0 fully saturated rings. The fourth-order valence-electron chi connectivity index (χ4n) is 2.11. The summed E-state index contributed by atoms with van der Waals surface area (Å²) in [5.41, 5.74) is 4.31. The quantitative estimate of drug-likeness (QED) is 0.768. The molecule has 0 aliphatic heterocycles. The first kappa shape index (κ1) is 14.0. The van der Waals surface area contributed by atoms with Crippen molar-refractivity contribution < 1.29 is 0 Å². The van der Waals surface area contributed by atoms with Gasteiger partial charge in [0.2, 0.25) is 0 Å². The van der Waals surface area contributed by atoms with Gasteiger partial charge in [-0.15, -0.1) is 0 Å². The van der Waals surface area contributed by atoms with E-state index >= 15 is 0 Å². The van der Waals surface area contributed by atoms with E-state index in [0.717, 1.165) is 0 Å². The number of likely N-dealkylation sites (N-methyl/N-ethyl adjacent to an activating group) is 1. The number of benzene rings is 1. The molecule has 1 nitrogen and oxygen atoms in total. The highest BCUT2D eigenvalue weighted by molar-refractivity contribution is 5.37. The second kappa shape index (κ2) is 5.50. The first-order chi connectivity index (χ1) is 7.86. The van der Waals surface area contributed by atoms with Crippen molar-refractivity contribution in [2.75, 3.05) is 7.05 Å². The molecule has 0 saturated carbocycles. The van der Waals surface area contributed by atoms with E-state index < -0.39 is 0 Å². The van der Waals surface area contributed by atoms with Crippen LogP contribution in [-0.4, -0.2) is 7.05 Å². The molecule has 0 bridgehead atoms. The lowest BCUT2D eigenvalue weighted by Gasteiger charge is -2.26. The molecule has 0 amide bonds. The Morgan fingerprint density at radius 1 is 1.18 bits per heavy atom. The smallest absolute Gasteiger partial charge is 0.0509 e. The monoisotopic (exact) mass is 231 g/mol. The van der Waals surface area contributed by atoms with Gasteiger partial charge in [0.05, 0.1) is 6.04 Å². The molecule has 0 heterocycles. The van der Waals surface area contributed by atoms with E-state index in [0.29, 0.717) is 6.04 Å². The van der Waals surface area contributed by atoms with Crippen molar-refractivity contribution in [2.24, 2.45) is 0 Å². The molecule has 0 saturated heterocycles. The third-order valence-electron chi connectivity index (χ3n) is 2.91. The van der Waals surface area contributed by atoms with Crippen LogP contribution in [0.2, 0.25) is 0 Å². The predicted octanol–water partition coefficient (Wildman–Crippen LogP) is 4.21. The molecule has 1 atom stereocenters. The van der Waals surface area contributed by atoms with Crippen LogP contribution in [0.4, 0.5) is 0 Å². The van der Waals surface area contributed by atoms with E-state index in [4.69, 9.17) is 0 Å². The Morgan fingerprint density at radius 3 is 2.24 bits per heavy atom. The van der Waals surface area contributed by atoms with Crippen LogP contribution in [0.1, 0.15) is 51.8 Å². The molecule has 0 radical (unpaired) electrons. The fourth-order valence-corrected chi connectivity index (χ4v) is 2.11. The lowest BCUT2D eigenvalue weighted by atomic mass is 9.81. The summed E-state index contributed by atoms with van der Waals surface area (Å²) in [6, 6.07) is 9.00. The normalized spacial score (nSPS) is 13.3. The van der Waals surface area contributed by atoms with Crippen molar-refractivity contribution in [3.63, 3.8) is 0 Å². The number of allylic oxidation sites excluding steroid dienone is 1. The van der Waals surface area contributed by atoms with E-state index in [1.165, 1.54) is 16.7 Å². The number of hydrogen-bond acceptors (Lipinski definition) is 1. The molecule has 1 aromatic carbocycles. The van der Waals surface area contributed by atoms with Crippen LogP contribution in [0.15, 0.2) is 35.9 Å². The summed E-state index contributed by atoms with van der Waals surface area (Å²) in [5, 5.41) is 3.39. The van der Waals surface area contributed by atoms with Gasteiger partial charge < -0.3 is 5.32 Å². The largest absolute Gasteiger partial charge is 0.310 e.